The van der Waals surface area contributed by atoms with E-state index in [9.17, 15) is 17.9 Å². The molecular formula is C16H18FN3O3S. The quantitative estimate of drug-likeness (QED) is 0.883. The molecule has 6 nitrogen and oxygen atoms in total. The van der Waals surface area contributed by atoms with Gasteiger partial charge in [-0.2, -0.15) is 4.31 Å². The molecule has 128 valence electrons. The lowest BCUT2D eigenvalue weighted by atomic mass is 9.84. The van der Waals surface area contributed by atoms with Crippen molar-refractivity contribution in [3.63, 3.8) is 0 Å². The summed E-state index contributed by atoms with van der Waals surface area (Å²) in [6.45, 7) is 0.457. The van der Waals surface area contributed by atoms with Crippen molar-refractivity contribution in [2.75, 3.05) is 19.3 Å². The fraction of sp³-hybridized carbons (Fsp3) is 0.438. The van der Waals surface area contributed by atoms with Crippen LogP contribution >= 0.6 is 0 Å². The van der Waals surface area contributed by atoms with Gasteiger partial charge in [0.25, 0.3) is 0 Å². The Hall–Kier alpha value is -1.77. The van der Waals surface area contributed by atoms with Crippen LogP contribution in [0.5, 0.6) is 0 Å². The molecule has 0 amide bonds. The van der Waals surface area contributed by atoms with Crippen molar-refractivity contribution >= 4 is 10.0 Å². The van der Waals surface area contributed by atoms with Gasteiger partial charge in [-0.3, -0.25) is 0 Å². The number of aliphatic hydroxyl groups excluding tert-OH is 1. The van der Waals surface area contributed by atoms with Gasteiger partial charge in [0, 0.05) is 24.6 Å². The Labute approximate surface area is 139 Å². The Morgan fingerprint density at radius 2 is 2.17 bits per heavy atom. The molecule has 1 saturated heterocycles. The lowest BCUT2D eigenvalue weighted by molar-refractivity contribution is 0.0345. The highest BCUT2D eigenvalue weighted by atomic mass is 32.2. The Morgan fingerprint density at radius 1 is 1.38 bits per heavy atom. The number of nitrogens with zero attached hydrogens (tertiary/aromatic N) is 3. The van der Waals surface area contributed by atoms with Gasteiger partial charge in [0.05, 0.1) is 36.6 Å². The third-order valence-corrected chi connectivity index (χ3v) is 6.32. The Bertz CT molecular complexity index is 896. The minimum absolute atomic E-state index is 0.0839. The molecule has 3 atom stereocenters. The van der Waals surface area contributed by atoms with Crippen molar-refractivity contribution in [2.45, 2.75) is 18.6 Å². The fourth-order valence-corrected chi connectivity index (χ4v) is 4.78. The summed E-state index contributed by atoms with van der Waals surface area (Å²) in [4.78, 5) is 4.15. The summed E-state index contributed by atoms with van der Waals surface area (Å²) in [5.41, 5.74) is 2.56. The van der Waals surface area contributed by atoms with E-state index in [1.165, 1.54) is 16.4 Å². The van der Waals surface area contributed by atoms with Crippen LogP contribution < -0.4 is 0 Å². The second-order valence-electron chi connectivity index (χ2n) is 6.50. The van der Waals surface area contributed by atoms with Crippen LogP contribution in [0.2, 0.25) is 0 Å². The van der Waals surface area contributed by atoms with E-state index in [-0.39, 0.29) is 24.3 Å². The lowest BCUT2D eigenvalue weighted by Gasteiger charge is -2.38. The van der Waals surface area contributed by atoms with Crippen molar-refractivity contribution in [1.29, 1.82) is 0 Å². The van der Waals surface area contributed by atoms with Crippen LogP contribution in [0.1, 0.15) is 18.0 Å². The Morgan fingerprint density at radius 3 is 2.88 bits per heavy atom. The summed E-state index contributed by atoms with van der Waals surface area (Å²) < 4.78 is 40.3. The molecule has 0 radical (unpaired) electrons. The highest BCUT2D eigenvalue weighted by molar-refractivity contribution is 7.88. The molecule has 1 aromatic carbocycles. The molecule has 2 aliphatic rings. The van der Waals surface area contributed by atoms with Crippen LogP contribution in [0.15, 0.2) is 30.7 Å². The zero-order chi connectivity index (χ0) is 17.1. The molecular weight excluding hydrogens is 333 g/mol. The van der Waals surface area contributed by atoms with Crippen molar-refractivity contribution in [1.82, 2.24) is 13.9 Å². The van der Waals surface area contributed by atoms with Crippen LogP contribution in [-0.4, -0.2) is 52.8 Å². The number of hydrogen-bond acceptors (Lipinski definition) is 4. The predicted octanol–water partition coefficient (Wildman–Crippen LogP) is 1.23. The first kappa shape index (κ1) is 15.7. The summed E-state index contributed by atoms with van der Waals surface area (Å²) in [7, 11) is -3.32. The third-order valence-electron chi connectivity index (χ3n) is 5.05. The van der Waals surface area contributed by atoms with E-state index in [4.69, 9.17) is 0 Å². The summed E-state index contributed by atoms with van der Waals surface area (Å²) >= 11 is 0. The zero-order valence-corrected chi connectivity index (χ0v) is 13.9. The minimum Gasteiger partial charge on any atom is -0.391 e. The average molecular weight is 351 g/mol. The molecule has 1 N–H and O–H groups in total. The maximum absolute atomic E-state index is 13.6. The largest absolute Gasteiger partial charge is 0.391 e. The molecule has 4 rings (SSSR count). The SMILES string of the molecule is CS(=O)(=O)N1CCC([C@H]2c3ccc(F)cc3-c3cncn32)C(O)C1. The Balaban J connectivity index is 1.71. The number of piperidine rings is 1. The van der Waals surface area contributed by atoms with Crippen LogP contribution in [0.4, 0.5) is 4.39 Å². The molecule has 0 bridgehead atoms. The summed E-state index contributed by atoms with van der Waals surface area (Å²) in [5, 5.41) is 10.6. The second kappa shape index (κ2) is 5.37. The number of halogens is 1. The number of aromatic nitrogens is 2. The standard InChI is InChI=1S/C16H18FN3O3S/c1-24(22,23)19-5-4-12(15(21)8-19)16-11-3-2-10(17)6-13(11)14-7-18-9-20(14)16/h2-3,6-7,9,12,15-16,21H,4-5,8H2,1H3/t12?,15?,16-/m1/s1. The van der Waals surface area contributed by atoms with Gasteiger partial charge in [0.2, 0.25) is 10.0 Å². The van der Waals surface area contributed by atoms with E-state index >= 15 is 0 Å². The van der Waals surface area contributed by atoms with Crippen LogP contribution in [0.3, 0.4) is 0 Å². The van der Waals surface area contributed by atoms with Crippen LogP contribution in [0, 0.1) is 11.7 Å². The van der Waals surface area contributed by atoms with E-state index in [0.717, 1.165) is 23.1 Å². The number of sulfonamides is 1. The summed E-state index contributed by atoms with van der Waals surface area (Å²) in [5.74, 6) is -0.461. The van der Waals surface area contributed by atoms with Crippen molar-refractivity contribution in [2.24, 2.45) is 5.92 Å². The summed E-state index contributed by atoms with van der Waals surface area (Å²) in [6, 6.07) is 4.50. The smallest absolute Gasteiger partial charge is 0.211 e. The number of hydrogen-bond donors (Lipinski definition) is 1. The van der Waals surface area contributed by atoms with Gasteiger partial charge in [-0.05, 0) is 24.1 Å². The first-order chi connectivity index (χ1) is 11.4. The van der Waals surface area contributed by atoms with E-state index in [2.05, 4.69) is 4.98 Å². The second-order valence-corrected chi connectivity index (χ2v) is 8.49. The van der Waals surface area contributed by atoms with Crippen LogP contribution in [-0.2, 0) is 10.0 Å². The van der Waals surface area contributed by atoms with Crippen molar-refractivity contribution < 1.29 is 17.9 Å². The average Bonchev–Trinajstić information content (AvgIpc) is 3.07. The molecule has 1 fully saturated rings. The van der Waals surface area contributed by atoms with Gasteiger partial charge in [-0.25, -0.2) is 17.8 Å². The number of rotatable bonds is 2. The topological polar surface area (TPSA) is 75.4 Å². The van der Waals surface area contributed by atoms with Gasteiger partial charge < -0.3 is 9.67 Å². The molecule has 0 aliphatic carbocycles. The first-order valence-corrected chi connectivity index (χ1v) is 9.66. The normalized spacial score (nSPS) is 27.0. The highest BCUT2D eigenvalue weighted by Gasteiger charge is 2.41. The number of imidazole rings is 1. The number of benzene rings is 1. The van der Waals surface area contributed by atoms with Gasteiger partial charge >= 0.3 is 0 Å². The maximum atomic E-state index is 13.6. The van der Waals surface area contributed by atoms with Gasteiger partial charge in [0.1, 0.15) is 5.82 Å². The molecule has 3 heterocycles. The molecule has 8 heteroatoms. The van der Waals surface area contributed by atoms with E-state index < -0.39 is 16.1 Å². The van der Waals surface area contributed by atoms with Gasteiger partial charge in [-0.15, -0.1) is 0 Å². The van der Waals surface area contributed by atoms with E-state index in [0.29, 0.717) is 13.0 Å². The van der Waals surface area contributed by atoms with Gasteiger partial charge in [-0.1, -0.05) is 6.07 Å². The molecule has 2 unspecified atom stereocenters. The summed E-state index contributed by atoms with van der Waals surface area (Å²) in [6.07, 6.45) is 4.28. The molecule has 24 heavy (non-hydrogen) atoms. The fourth-order valence-electron chi connectivity index (χ4n) is 3.92. The van der Waals surface area contributed by atoms with E-state index in [1.54, 1.807) is 18.6 Å². The third kappa shape index (κ3) is 2.37. The van der Waals surface area contributed by atoms with Crippen molar-refractivity contribution in [3.8, 4) is 11.3 Å². The maximum Gasteiger partial charge on any atom is 0.211 e. The van der Waals surface area contributed by atoms with E-state index in [1.807, 2.05) is 4.57 Å². The van der Waals surface area contributed by atoms with Gasteiger partial charge in [0.15, 0.2) is 0 Å². The highest BCUT2D eigenvalue weighted by Crippen LogP contribution is 2.46. The number of β-amino-alcohol motifs (C(OH)–C–C–N with tert-alkyl or cyclic N) is 1. The minimum atomic E-state index is -3.32. The van der Waals surface area contributed by atoms with Crippen LogP contribution in [0.25, 0.3) is 11.3 Å². The predicted molar refractivity (Wildman–Crippen MR) is 86.3 cm³/mol. The number of aliphatic hydroxyl groups is 1. The molecule has 0 spiro atoms. The monoisotopic (exact) mass is 351 g/mol. The molecule has 2 aliphatic heterocycles. The molecule has 0 saturated carbocycles. The first-order valence-electron chi connectivity index (χ1n) is 7.81. The number of fused-ring (bicyclic) bond motifs is 3. The zero-order valence-electron chi connectivity index (χ0n) is 13.1. The van der Waals surface area contributed by atoms with Crippen molar-refractivity contribution in [3.05, 3.63) is 42.1 Å². The Kier molecular flexibility index (Phi) is 3.52. The lowest BCUT2D eigenvalue weighted by Crippen LogP contribution is -2.48. The molecule has 2 aromatic rings. The molecule has 1 aromatic heterocycles.